The minimum Gasteiger partial charge on any atom is -0.497 e. The van der Waals surface area contributed by atoms with Crippen LogP contribution in [0.25, 0.3) is 0 Å². The monoisotopic (exact) mass is 445 g/mol. The van der Waals surface area contributed by atoms with E-state index in [0.717, 1.165) is 9.78 Å². The molecule has 31 heavy (non-hydrogen) atoms. The third-order valence-corrected chi connectivity index (χ3v) is 6.39. The van der Waals surface area contributed by atoms with Crippen LogP contribution in [-0.2, 0) is 19.9 Å². The molecule has 9 nitrogen and oxygen atoms in total. The molecule has 0 saturated carbocycles. The van der Waals surface area contributed by atoms with E-state index in [4.69, 9.17) is 9.47 Å². The van der Waals surface area contributed by atoms with Crippen LogP contribution in [0.15, 0.2) is 24.3 Å². The van der Waals surface area contributed by atoms with E-state index in [0.29, 0.717) is 21.9 Å². The van der Waals surface area contributed by atoms with Crippen molar-refractivity contribution in [1.82, 2.24) is 10.2 Å². The van der Waals surface area contributed by atoms with Crippen molar-refractivity contribution in [1.29, 1.82) is 0 Å². The largest absolute Gasteiger partial charge is 0.497 e. The van der Waals surface area contributed by atoms with Crippen molar-refractivity contribution in [2.75, 3.05) is 26.1 Å². The minimum absolute atomic E-state index is 0.263. The first-order valence-corrected chi connectivity index (χ1v) is 10.2. The number of imide groups is 1. The molecule has 2 aromatic rings. The fourth-order valence-electron chi connectivity index (χ4n) is 3.33. The summed E-state index contributed by atoms with van der Waals surface area (Å²) in [6.45, 7) is 4.66. The zero-order chi connectivity index (χ0) is 22.9. The van der Waals surface area contributed by atoms with E-state index >= 15 is 0 Å². The highest BCUT2D eigenvalue weighted by Crippen LogP contribution is 2.33. The van der Waals surface area contributed by atoms with Crippen LogP contribution >= 0.6 is 11.3 Å². The molecule has 2 N–H and O–H groups in total. The van der Waals surface area contributed by atoms with Gasteiger partial charge in [-0.3, -0.25) is 14.5 Å². The van der Waals surface area contributed by atoms with Gasteiger partial charge in [-0.15, -0.1) is 11.3 Å². The van der Waals surface area contributed by atoms with Crippen LogP contribution in [0.3, 0.4) is 0 Å². The van der Waals surface area contributed by atoms with Crippen LogP contribution < -0.4 is 15.4 Å². The Labute approximate surface area is 183 Å². The number of nitrogens with zero attached hydrogens (tertiary/aromatic N) is 1. The van der Waals surface area contributed by atoms with Gasteiger partial charge in [0.2, 0.25) is 5.91 Å². The van der Waals surface area contributed by atoms with Gasteiger partial charge in [0, 0.05) is 4.88 Å². The van der Waals surface area contributed by atoms with Crippen LogP contribution in [0.5, 0.6) is 5.75 Å². The van der Waals surface area contributed by atoms with E-state index in [1.165, 1.54) is 25.6 Å². The topological polar surface area (TPSA) is 114 Å². The molecule has 1 aliphatic heterocycles. The molecule has 1 aliphatic rings. The van der Waals surface area contributed by atoms with Crippen LogP contribution in [0, 0.1) is 13.8 Å². The molecule has 10 heteroatoms. The number of thiophene rings is 1. The number of nitrogens with one attached hydrogen (secondary N) is 2. The molecule has 0 radical (unpaired) electrons. The zero-order valence-corrected chi connectivity index (χ0v) is 18.6. The molecular formula is C21H23N3O6S. The van der Waals surface area contributed by atoms with E-state index < -0.39 is 35.9 Å². The number of methoxy groups -OCH3 is 2. The number of hydrogen-bond acceptors (Lipinski definition) is 7. The van der Waals surface area contributed by atoms with Gasteiger partial charge in [-0.2, -0.15) is 0 Å². The molecule has 0 aliphatic carbocycles. The van der Waals surface area contributed by atoms with E-state index in [-0.39, 0.29) is 5.56 Å². The number of anilines is 1. The van der Waals surface area contributed by atoms with Crippen molar-refractivity contribution >= 4 is 40.2 Å². The second-order valence-corrected chi connectivity index (χ2v) is 8.43. The normalized spacial score (nSPS) is 18.0. The lowest BCUT2D eigenvalue weighted by molar-refractivity contribution is -0.133. The maximum absolute atomic E-state index is 13.0. The Balaban J connectivity index is 1.78. The average molecular weight is 445 g/mol. The number of esters is 1. The summed E-state index contributed by atoms with van der Waals surface area (Å²) in [5, 5.41) is 5.59. The molecule has 164 valence electrons. The summed E-state index contributed by atoms with van der Waals surface area (Å²) in [6, 6.07) is 6.06. The maximum Gasteiger partial charge on any atom is 0.341 e. The molecule has 1 fully saturated rings. The van der Waals surface area contributed by atoms with Gasteiger partial charge in [-0.25, -0.2) is 9.59 Å². The first-order chi connectivity index (χ1) is 14.6. The lowest BCUT2D eigenvalue weighted by Gasteiger charge is -2.22. The van der Waals surface area contributed by atoms with Crippen molar-refractivity contribution in [3.05, 3.63) is 45.8 Å². The lowest BCUT2D eigenvalue weighted by Crippen LogP contribution is -2.42. The van der Waals surface area contributed by atoms with Gasteiger partial charge in [0.15, 0.2) is 0 Å². The maximum atomic E-state index is 13.0. The van der Waals surface area contributed by atoms with Crippen molar-refractivity contribution in [2.45, 2.75) is 26.3 Å². The molecule has 1 aromatic heterocycles. The van der Waals surface area contributed by atoms with Crippen molar-refractivity contribution in [3.8, 4) is 5.75 Å². The summed E-state index contributed by atoms with van der Waals surface area (Å²) >= 11 is 1.22. The molecule has 3 rings (SSSR count). The van der Waals surface area contributed by atoms with Gasteiger partial charge >= 0.3 is 12.0 Å². The summed E-state index contributed by atoms with van der Waals surface area (Å²) in [6.07, 6.45) is 0. The summed E-state index contributed by atoms with van der Waals surface area (Å²) in [7, 11) is 2.79. The number of ether oxygens (including phenoxy) is 2. The number of benzene rings is 1. The van der Waals surface area contributed by atoms with Crippen LogP contribution in [0.4, 0.5) is 9.80 Å². The highest BCUT2D eigenvalue weighted by atomic mass is 32.1. The predicted molar refractivity (Wildman–Crippen MR) is 114 cm³/mol. The number of urea groups is 1. The lowest BCUT2D eigenvalue weighted by atomic mass is 9.92. The number of carbonyl (C=O) groups excluding carboxylic acids is 4. The Morgan fingerprint density at radius 3 is 2.39 bits per heavy atom. The average Bonchev–Trinajstić information content (AvgIpc) is 3.14. The smallest absolute Gasteiger partial charge is 0.341 e. The van der Waals surface area contributed by atoms with Gasteiger partial charge in [0.25, 0.3) is 5.91 Å². The predicted octanol–water partition coefficient (Wildman–Crippen LogP) is 2.57. The standard InChI is InChI=1S/C21H23N3O6S/c1-11-12(2)31-17(16(11)18(26)30-5)22-15(25)10-24-19(27)21(3,23-20(24)28)13-6-8-14(29-4)9-7-13/h6-9H,10H2,1-5H3,(H,22,25)(H,23,28). The third-order valence-electron chi connectivity index (χ3n) is 5.27. The summed E-state index contributed by atoms with van der Waals surface area (Å²) in [5.74, 6) is -1.11. The fraction of sp³-hybridized carbons (Fsp3) is 0.333. The van der Waals surface area contributed by atoms with E-state index in [1.807, 2.05) is 6.92 Å². The van der Waals surface area contributed by atoms with Crippen LogP contribution in [-0.4, -0.2) is 49.5 Å². The summed E-state index contributed by atoms with van der Waals surface area (Å²) in [5.41, 5.74) is 0.219. The first kappa shape index (κ1) is 22.3. The van der Waals surface area contributed by atoms with Crippen molar-refractivity contribution in [2.24, 2.45) is 0 Å². The molecule has 1 aromatic carbocycles. The van der Waals surface area contributed by atoms with Crippen LogP contribution in [0.1, 0.15) is 33.3 Å². The highest BCUT2D eigenvalue weighted by Gasteiger charge is 2.49. The summed E-state index contributed by atoms with van der Waals surface area (Å²) < 4.78 is 9.91. The number of amides is 4. The molecule has 2 heterocycles. The second kappa shape index (κ2) is 8.38. The fourth-order valence-corrected chi connectivity index (χ4v) is 4.40. The Morgan fingerprint density at radius 2 is 1.81 bits per heavy atom. The first-order valence-electron chi connectivity index (χ1n) is 9.39. The Kier molecular flexibility index (Phi) is 6.03. The molecule has 4 amide bonds. The number of carbonyl (C=O) groups is 4. The van der Waals surface area contributed by atoms with E-state index in [1.54, 1.807) is 38.1 Å². The van der Waals surface area contributed by atoms with Crippen molar-refractivity contribution in [3.63, 3.8) is 0 Å². The zero-order valence-electron chi connectivity index (χ0n) is 17.8. The van der Waals surface area contributed by atoms with Gasteiger partial charge < -0.3 is 20.1 Å². The highest BCUT2D eigenvalue weighted by molar-refractivity contribution is 7.16. The Bertz CT molecular complexity index is 1060. The molecule has 1 saturated heterocycles. The van der Waals surface area contributed by atoms with Crippen LogP contribution in [0.2, 0.25) is 0 Å². The van der Waals surface area contributed by atoms with Gasteiger partial charge in [0.05, 0.1) is 19.8 Å². The quantitative estimate of drug-likeness (QED) is 0.522. The molecule has 1 unspecified atom stereocenters. The summed E-state index contributed by atoms with van der Waals surface area (Å²) in [4.78, 5) is 51.9. The second-order valence-electron chi connectivity index (χ2n) is 7.20. The van der Waals surface area contributed by atoms with E-state index in [2.05, 4.69) is 10.6 Å². The number of aryl methyl sites for hydroxylation is 1. The van der Waals surface area contributed by atoms with Crippen molar-refractivity contribution < 1.29 is 28.7 Å². The van der Waals surface area contributed by atoms with Gasteiger partial charge in [-0.1, -0.05) is 12.1 Å². The van der Waals surface area contributed by atoms with Gasteiger partial charge in [-0.05, 0) is 44.0 Å². The molecule has 0 bridgehead atoms. The van der Waals surface area contributed by atoms with E-state index in [9.17, 15) is 19.2 Å². The minimum atomic E-state index is -1.31. The third kappa shape index (κ3) is 3.98. The Morgan fingerprint density at radius 1 is 1.16 bits per heavy atom. The SMILES string of the molecule is COC(=O)c1c(NC(=O)CN2C(=O)NC(C)(c3ccc(OC)cc3)C2=O)sc(C)c1C. The van der Waals surface area contributed by atoms with Gasteiger partial charge in [0.1, 0.15) is 22.8 Å². The molecule has 1 atom stereocenters. The molecule has 0 spiro atoms. The number of hydrogen-bond donors (Lipinski definition) is 2. The number of rotatable bonds is 6. The molecular weight excluding hydrogens is 422 g/mol. The Hall–Kier alpha value is -3.40.